The number of ether oxygens (including phenoxy) is 2. The smallest absolute Gasteiger partial charge is 0.337 e. The number of aromatic nitrogens is 2. The molecule has 0 bridgehead atoms. The molecule has 1 aromatic carbocycles. The average molecular weight is 346 g/mol. The van der Waals surface area contributed by atoms with E-state index in [0.29, 0.717) is 11.6 Å². The number of aromatic amines is 1. The largest absolute Gasteiger partial charge is 0.480 e. The van der Waals surface area contributed by atoms with Gasteiger partial charge < -0.3 is 24.8 Å². The zero-order valence-electron chi connectivity index (χ0n) is 13.8. The highest BCUT2D eigenvalue weighted by Gasteiger charge is 2.34. The number of H-pyrrole nitrogens is 1. The Morgan fingerprint density at radius 2 is 2.24 bits per heavy atom. The first kappa shape index (κ1) is 16.8. The second kappa shape index (κ2) is 6.81. The summed E-state index contributed by atoms with van der Waals surface area (Å²) in [6.45, 7) is 0.0448. The Morgan fingerprint density at radius 3 is 2.92 bits per heavy atom. The van der Waals surface area contributed by atoms with E-state index in [-0.39, 0.29) is 36.9 Å². The van der Waals surface area contributed by atoms with Gasteiger partial charge in [0, 0.05) is 12.2 Å². The highest BCUT2D eigenvalue weighted by atomic mass is 16.5. The van der Waals surface area contributed by atoms with Crippen LogP contribution in [0.2, 0.25) is 0 Å². The molecule has 0 radical (unpaired) electrons. The van der Waals surface area contributed by atoms with Gasteiger partial charge in [-0.3, -0.25) is 9.89 Å². The maximum atomic E-state index is 12.5. The third-order valence-electron chi connectivity index (χ3n) is 3.94. The van der Waals surface area contributed by atoms with Crippen LogP contribution in [0.1, 0.15) is 0 Å². The van der Waals surface area contributed by atoms with Gasteiger partial charge in [0.15, 0.2) is 0 Å². The van der Waals surface area contributed by atoms with Crippen LogP contribution in [-0.4, -0.2) is 66.0 Å². The van der Waals surface area contributed by atoms with Crippen LogP contribution in [0, 0.1) is 0 Å². The first-order chi connectivity index (χ1) is 12.1. The van der Waals surface area contributed by atoms with Crippen molar-refractivity contribution in [1.82, 2.24) is 15.1 Å². The van der Waals surface area contributed by atoms with E-state index in [1.165, 1.54) is 19.1 Å². The van der Waals surface area contributed by atoms with Gasteiger partial charge in [-0.05, 0) is 18.2 Å². The fraction of sp³-hybridized carbons (Fsp3) is 0.312. The van der Waals surface area contributed by atoms with E-state index < -0.39 is 5.97 Å². The van der Waals surface area contributed by atoms with Crippen molar-refractivity contribution in [2.75, 3.05) is 39.2 Å². The Morgan fingerprint density at radius 1 is 1.44 bits per heavy atom. The lowest BCUT2D eigenvalue weighted by Gasteiger charge is -2.15. The molecule has 1 aliphatic rings. The number of amides is 1. The summed E-state index contributed by atoms with van der Waals surface area (Å²) in [6.07, 6.45) is 0. The number of nitrogens with zero attached hydrogens (tertiary/aromatic N) is 2. The molecule has 0 fully saturated rings. The minimum atomic E-state index is -0.583. The molecule has 1 aliphatic heterocycles. The SMILES string of the molecule is COC(=O)C1=C(Nc2ccc3c(OC)n[nH]c3c2)C(=O)N(CCO)C1. The zero-order valence-corrected chi connectivity index (χ0v) is 13.8. The molecule has 25 heavy (non-hydrogen) atoms. The van der Waals surface area contributed by atoms with Crippen LogP contribution < -0.4 is 10.1 Å². The van der Waals surface area contributed by atoms with Crippen LogP contribution in [0.15, 0.2) is 29.5 Å². The summed E-state index contributed by atoms with van der Waals surface area (Å²) in [5.41, 5.74) is 1.70. The standard InChI is InChI=1S/C16H18N4O5/c1-24-14-10-4-3-9(7-12(10)18-19-14)17-13-11(16(23)25-2)8-20(5-6-21)15(13)22/h3-4,7,17,21H,5-6,8H2,1-2H3,(H,18,19). The van der Waals surface area contributed by atoms with Gasteiger partial charge in [-0.1, -0.05) is 0 Å². The fourth-order valence-electron chi connectivity index (χ4n) is 2.72. The highest BCUT2D eigenvalue weighted by molar-refractivity contribution is 6.08. The van der Waals surface area contributed by atoms with Gasteiger partial charge in [-0.25, -0.2) is 4.79 Å². The Hall–Kier alpha value is -3.07. The summed E-state index contributed by atoms with van der Waals surface area (Å²) in [7, 11) is 2.79. The van der Waals surface area contributed by atoms with Crippen molar-refractivity contribution in [3.8, 4) is 5.88 Å². The van der Waals surface area contributed by atoms with E-state index in [4.69, 9.17) is 14.6 Å². The van der Waals surface area contributed by atoms with Crippen LogP contribution in [0.4, 0.5) is 5.69 Å². The van der Waals surface area contributed by atoms with Crippen molar-refractivity contribution in [1.29, 1.82) is 0 Å². The number of carbonyl (C=O) groups excluding carboxylic acids is 2. The topological polar surface area (TPSA) is 117 Å². The fourth-order valence-corrected chi connectivity index (χ4v) is 2.72. The van der Waals surface area contributed by atoms with E-state index in [1.807, 2.05) is 0 Å². The van der Waals surface area contributed by atoms with Crippen molar-refractivity contribution < 1.29 is 24.2 Å². The van der Waals surface area contributed by atoms with Crippen LogP contribution in [0.25, 0.3) is 10.9 Å². The Balaban J connectivity index is 1.92. The molecule has 0 unspecified atom stereocenters. The molecule has 0 atom stereocenters. The van der Waals surface area contributed by atoms with Crippen molar-refractivity contribution in [2.45, 2.75) is 0 Å². The third kappa shape index (κ3) is 3.01. The van der Waals surface area contributed by atoms with Gasteiger partial charge in [-0.15, -0.1) is 5.10 Å². The monoisotopic (exact) mass is 346 g/mol. The Bertz CT molecular complexity index is 857. The molecule has 9 nitrogen and oxygen atoms in total. The van der Waals surface area contributed by atoms with Crippen LogP contribution >= 0.6 is 0 Å². The summed E-state index contributed by atoms with van der Waals surface area (Å²) in [5.74, 6) is -0.473. The molecule has 3 N–H and O–H groups in total. The minimum Gasteiger partial charge on any atom is -0.480 e. The van der Waals surface area contributed by atoms with Crippen LogP contribution in [0.3, 0.4) is 0 Å². The number of nitrogens with one attached hydrogen (secondary N) is 2. The van der Waals surface area contributed by atoms with Crippen molar-refractivity contribution in [2.24, 2.45) is 0 Å². The molecule has 0 spiro atoms. The molecule has 0 saturated carbocycles. The number of fused-ring (bicyclic) bond motifs is 1. The second-order valence-corrected chi connectivity index (χ2v) is 5.41. The number of rotatable bonds is 6. The maximum Gasteiger partial charge on any atom is 0.337 e. The predicted octanol–water partition coefficient (Wildman–Crippen LogP) is 0.245. The number of hydrogen-bond acceptors (Lipinski definition) is 7. The molecule has 2 heterocycles. The van der Waals surface area contributed by atoms with Gasteiger partial charge >= 0.3 is 5.97 Å². The molecule has 0 aliphatic carbocycles. The van der Waals surface area contributed by atoms with E-state index >= 15 is 0 Å². The van der Waals surface area contributed by atoms with Gasteiger partial charge in [0.2, 0.25) is 5.88 Å². The van der Waals surface area contributed by atoms with Crippen molar-refractivity contribution >= 4 is 28.5 Å². The molecule has 2 aromatic rings. The van der Waals surface area contributed by atoms with E-state index in [1.54, 1.807) is 18.2 Å². The normalized spacial score (nSPS) is 14.4. The van der Waals surface area contributed by atoms with Crippen molar-refractivity contribution in [3.63, 3.8) is 0 Å². The number of β-amino-alcohol motifs (C(OH)–C–C–N with tert-alkyl or cyclic N) is 1. The van der Waals surface area contributed by atoms with Crippen LogP contribution in [-0.2, 0) is 14.3 Å². The average Bonchev–Trinajstić information content (AvgIpc) is 3.17. The Labute approximate surface area is 143 Å². The molecular formula is C16H18N4O5. The molecule has 9 heteroatoms. The quantitative estimate of drug-likeness (QED) is 0.642. The lowest BCUT2D eigenvalue weighted by atomic mass is 10.2. The number of aliphatic hydroxyl groups excluding tert-OH is 1. The lowest BCUT2D eigenvalue weighted by molar-refractivity contribution is -0.136. The first-order valence-corrected chi connectivity index (χ1v) is 7.59. The molecule has 132 valence electrons. The second-order valence-electron chi connectivity index (χ2n) is 5.41. The summed E-state index contributed by atoms with van der Waals surface area (Å²) in [4.78, 5) is 25.8. The molecule has 1 aromatic heterocycles. The molecule has 1 amide bonds. The number of hydrogen-bond donors (Lipinski definition) is 3. The summed E-state index contributed by atoms with van der Waals surface area (Å²) < 4.78 is 9.90. The zero-order chi connectivity index (χ0) is 18.0. The lowest BCUT2D eigenvalue weighted by Crippen LogP contribution is -2.31. The number of aliphatic hydroxyl groups is 1. The van der Waals surface area contributed by atoms with E-state index in [0.717, 1.165) is 10.9 Å². The van der Waals surface area contributed by atoms with Gasteiger partial charge in [0.05, 0.1) is 43.8 Å². The predicted molar refractivity (Wildman–Crippen MR) is 89.0 cm³/mol. The van der Waals surface area contributed by atoms with Gasteiger partial charge in [0.1, 0.15) is 5.70 Å². The molecule has 3 rings (SSSR count). The van der Waals surface area contributed by atoms with E-state index in [9.17, 15) is 9.59 Å². The number of methoxy groups -OCH3 is 2. The van der Waals surface area contributed by atoms with Gasteiger partial charge in [-0.2, -0.15) is 0 Å². The number of carbonyl (C=O) groups is 2. The summed E-state index contributed by atoms with van der Waals surface area (Å²) in [5, 5.41) is 19.7. The molecule has 0 saturated heterocycles. The van der Waals surface area contributed by atoms with Crippen molar-refractivity contribution in [3.05, 3.63) is 29.5 Å². The third-order valence-corrected chi connectivity index (χ3v) is 3.94. The van der Waals surface area contributed by atoms with E-state index in [2.05, 4.69) is 15.5 Å². The Kier molecular flexibility index (Phi) is 4.57. The molecular weight excluding hydrogens is 328 g/mol. The number of anilines is 1. The summed E-state index contributed by atoms with van der Waals surface area (Å²) >= 11 is 0. The highest BCUT2D eigenvalue weighted by Crippen LogP contribution is 2.27. The minimum absolute atomic E-state index is 0.0918. The first-order valence-electron chi connectivity index (χ1n) is 7.59. The maximum absolute atomic E-state index is 12.5. The number of benzene rings is 1. The van der Waals surface area contributed by atoms with Gasteiger partial charge in [0.25, 0.3) is 5.91 Å². The summed E-state index contributed by atoms with van der Waals surface area (Å²) in [6, 6.07) is 5.31. The number of esters is 1. The van der Waals surface area contributed by atoms with Crippen LogP contribution in [0.5, 0.6) is 5.88 Å².